The molecule has 0 radical (unpaired) electrons. The minimum Gasteiger partial charge on any atom is -0.395 e. The number of aliphatic hydroxyl groups excluding tert-OH is 1. The summed E-state index contributed by atoms with van der Waals surface area (Å²) in [6.07, 6.45) is 7.45. The lowest BCUT2D eigenvalue weighted by atomic mass is 9.77. The van der Waals surface area contributed by atoms with Crippen LogP contribution in [-0.4, -0.2) is 100.0 Å². The number of carbonyl (C=O) groups is 2. The number of aryl methyl sites for hydroxylation is 1. The normalized spacial score (nSPS) is 21.9. The van der Waals surface area contributed by atoms with Gasteiger partial charge in [-0.2, -0.15) is 5.10 Å². The first-order chi connectivity index (χ1) is 21.9. The standard InChI is InChI=1S/C33H50N6O6S/c1-4-5-18-38-30(41)29(22-32(43)13-7-6-8-14-32)35-31(42)33(38)15-19-37(20-16-33)23-28-24(2)36-39(25(28)3)26-9-11-27(12-10-26)46(44,45)34-17-21-40/h9-12,29,34,40,43H,4-8,13-23H2,1-3H3,(H,35,42)/t29-/m1/s1. The van der Waals surface area contributed by atoms with Crippen LogP contribution in [0.25, 0.3) is 5.69 Å². The quantitative estimate of drug-likeness (QED) is 0.271. The number of piperazine rings is 1. The van der Waals surface area contributed by atoms with Crippen LogP contribution in [0, 0.1) is 13.8 Å². The summed E-state index contributed by atoms with van der Waals surface area (Å²) >= 11 is 0. The first-order valence-corrected chi connectivity index (χ1v) is 18.2. The van der Waals surface area contributed by atoms with E-state index < -0.39 is 27.2 Å². The highest BCUT2D eigenvalue weighted by Gasteiger charge is 2.54. The topological polar surface area (TPSA) is 157 Å². The van der Waals surface area contributed by atoms with E-state index in [-0.39, 0.29) is 36.3 Å². The minimum atomic E-state index is -3.71. The molecule has 1 aliphatic carbocycles. The Labute approximate surface area is 272 Å². The molecule has 2 amide bonds. The predicted octanol–water partition coefficient (Wildman–Crippen LogP) is 2.31. The maximum absolute atomic E-state index is 13.9. The molecule has 2 saturated heterocycles. The number of amides is 2. The number of nitrogens with one attached hydrogen (secondary N) is 2. The molecule has 46 heavy (non-hydrogen) atoms. The van der Waals surface area contributed by atoms with Crippen molar-refractivity contribution < 1.29 is 28.2 Å². The van der Waals surface area contributed by atoms with Crippen molar-refractivity contribution in [1.82, 2.24) is 29.6 Å². The monoisotopic (exact) mass is 658 g/mol. The van der Waals surface area contributed by atoms with E-state index in [2.05, 4.69) is 21.9 Å². The van der Waals surface area contributed by atoms with Gasteiger partial charge in [0.15, 0.2) is 0 Å². The first kappa shape index (κ1) is 34.5. The molecule has 2 aromatic rings. The number of hydrogen-bond donors (Lipinski definition) is 4. The van der Waals surface area contributed by atoms with E-state index in [0.29, 0.717) is 51.9 Å². The molecule has 4 N–H and O–H groups in total. The first-order valence-electron chi connectivity index (χ1n) is 16.8. The molecule has 2 aliphatic heterocycles. The van der Waals surface area contributed by atoms with E-state index in [1.807, 2.05) is 23.4 Å². The lowest BCUT2D eigenvalue weighted by Crippen LogP contribution is -2.73. The van der Waals surface area contributed by atoms with Crippen molar-refractivity contribution >= 4 is 21.8 Å². The minimum absolute atomic E-state index is 0.0505. The highest BCUT2D eigenvalue weighted by molar-refractivity contribution is 7.89. The highest BCUT2D eigenvalue weighted by atomic mass is 32.2. The summed E-state index contributed by atoms with van der Waals surface area (Å²) in [6, 6.07) is 5.79. The summed E-state index contributed by atoms with van der Waals surface area (Å²) in [6.45, 7) is 8.19. The zero-order valence-electron chi connectivity index (χ0n) is 27.4. The van der Waals surface area contributed by atoms with E-state index in [1.54, 1.807) is 12.1 Å². The lowest BCUT2D eigenvalue weighted by molar-refractivity contribution is -0.163. The van der Waals surface area contributed by atoms with Gasteiger partial charge < -0.3 is 20.4 Å². The van der Waals surface area contributed by atoms with Crippen molar-refractivity contribution in [3.05, 3.63) is 41.2 Å². The number of aliphatic hydroxyl groups is 2. The number of rotatable bonds is 12. The van der Waals surface area contributed by atoms with Crippen molar-refractivity contribution in [3.63, 3.8) is 0 Å². The Kier molecular flexibility index (Phi) is 10.6. The molecular weight excluding hydrogens is 608 g/mol. The van der Waals surface area contributed by atoms with E-state index in [9.17, 15) is 23.1 Å². The second-order valence-corrected chi connectivity index (χ2v) is 15.1. The average molecular weight is 659 g/mol. The molecular formula is C33H50N6O6S. The SMILES string of the molecule is CCCCN1C(=O)[C@@H](CC2(O)CCCCC2)NC(=O)C12CCN(Cc1c(C)nn(-c3ccc(S(=O)(=O)NCCO)cc3)c1C)CC2. The number of carbonyl (C=O) groups excluding carboxylic acids is 2. The number of likely N-dealkylation sites (tertiary alicyclic amines) is 1. The Hall–Kier alpha value is -2.84. The fourth-order valence-corrected chi connectivity index (χ4v) is 8.46. The van der Waals surface area contributed by atoms with E-state index in [4.69, 9.17) is 10.2 Å². The van der Waals surface area contributed by atoms with Crippen molar-refractivity contribution in [2.45, 2.75) is 114 Å². The molecule has 5 rings (SSSR count). The number of hydrogen-bond acceptors (Lipinski definition) is 8. The van der Waals surface area contributed by atoms with Crippen molar-refractivity contribution in [2.75, 3.05) is 32.8 Å². The van der Waals surface area contributed by atoms with Crippen LogP contribution in [0.4, 0.5) is 0 Å². The fourth-order valence-electron chi connectivity index (χ4n) is 7.44. The van der Waals surface area contributed by atoms with Crippen molar-refractivity contribution in [1.29, 1.82) is 0 Å². The van der Waals surface area contributed by atoms with Crippen LogP contribution in [0.15, 0.2) is 29.2 Å². The largest absolute Gasteiger partial charge is 0.395 e. The molecule has 3 heterocycles. The number of benzene rings is 1. The third kappa shape index (κ3) is 7.03. The van der Waals surface area contributed by atoms with Crippen LogP contribution in [0.3, 0.4) is 0 Å². The highest BCUT2D eigenvalue weighted by Crippen LogP contribution is 2.38. The molecule has 1 spiro atoms. The van der Waals surface area contributed by atoms with Gasteiger partial charge in [-0.05, 0) is 70.2 Å². The smallest absolute Gasteiger partial charge is 0.246 e. The average Bonchev–Trinajstić information content (AvgIpc) is 3.32. The van der Waals surface area contributed by atoms with Gasteiger partial charge in [0.2, 0.25) is 21.8 Å². The van der Waals surface area contributed by atoms with Crippen LogP contribution >= 0.6 is 0 Å². The fraction of sp³-hybridized carbons (Fsp3) is 0.667. The molecule has 13 heteroatoms. The van der Waals surface area contributed by atoms with Gasteiger partial charge in [0.05, 0.1) is 28.5 Å². The molecule has 0 unspecified atom stereocenters. The van der Waals surface area contributed by atoms with E-state index in [1.165, 1.54) is 12.1 Å². The Bertz CT molecular complexity index is 1490. The molecule has 1 saturated carbocycles. The Morgan fingerprint density at radius 2 is 1.72 bits per heavy atom. The molecule has 1 aromatic heterocycles. The summed E-state index contributed by atoms with van der Waals surface area (Å²) in [5.41, 5.74) is 1.86. The number of aromatic nitrogens is 2. The zero-order chi connectivity index (χ0) is 33.1. The van der Waals surface area contributed by atoms with Crippen LogP contribution < -0.4 is 10.0 Å². The van der Waals surface area contributed by atoms with Gasteiger partial charge in [0.25, 0.3) is 0 Å². The summed E-state index contributed by atoms with van der Waals surface area (Å²) in [5, 5.41) is 28.0. The molecule has 254 valence electrons. The van der Waals surface area contributed by atoms with Gasteiger partial charge >= 0.3 is 0 Å². The molecule has 0 bridgehead atoms. The number of unbranched alkanes of at least 4 members (excludes halogenated alkanes) is 1. The summed E-state index contributed by atoms with van der Waals surface area (Å²) < 4.78 is 29.0. The van der Waals surface area contributed by atoms with E-state index in [0.717, 1.165) is 54.7 Å². The summed E-state index contributed by atoms with van der Waals surface area (Å²) in [4.78, 5) is 32.0. The number of piperidine rings is 1. The molecule has 12 nitrogen and oxygen atoms in total. The second kappa shape index (κ2) is 14.1. The van der Waals surface area contributed by atoms with Gasteiger partial charge in [-0.3, -0.25) is 14.5 Å². The van der Waals surface area contributed by atoms with E-state index >= 15 is 0 Å². The molecule has 3 aliphatic rings. The van der Waals surface area contributed by atoms with Gasteiger partial charge in [-0.25, -0.2) is 17.8 Å². The van der Waals surface area contributed by atoms with Gasteiger partial charge in [-0.15, -0.1) is 0 Å². The van der Waals surface area contributed by atoms with Gasteiger partial charge in [0.1, 0.15) is 11.6 Å². The number of sulfonamides is 1. The Morgan fingerprint density at radius 3 is 2.35 bits per heavy atom. The lowest BCUT2D eigenvalue weighted by Gasteiger charge is -2.52. The van der Waals surface area contributed by atoms with Crippen LogP contribution in [0.1, 0.15) is 88.1 Å². The predicted molar refractivity (Wildman–Crippen MR) is 174 cm³/mol. The van der Waals surface area contributed by atoms with Crippen molar-refractivity contribution in [3.8, 4) is 5.69 Å². The summed E-state index contributed by atoms with van der Waals surface area (Å²) in [7, 11) is -3.71. The molecule has 1 aromatic carbocycles. The second-order valence-electron chi connectivity index (χ2n) is 13.3. The Morgan fingerprint density at radius 1 is 1.04 bits per heavy atom. The maximum atomic E-state index is 13.9. The molecule has 1 atom stereocenters. The third-order valence-electron chi connectivity index (χ3n) is 10.2. The van der Waals surface area contributed by atoms with Crippen LogP contribution in [-0.2, 0) is 26.2 Å². The van der Waals surface area contributed by atoms with Gasteiger partial charge in [0, 0.05) is 50.4 Å². The maximum Gasteiger partial charge on any atom is 0.246 e. The van der Waals surface area contributed by atoms with Crippen LogP contribution in [0.2, 0.25) is 0 Å². The van der Waals surface area contributed by atoms with Crippen LogP contribution in [0.5, 0.6) is 0 Å². The summed E-state index contributed by atoms with van der Waals surface area (Å²) in [5.74, 6) is -0.152. The third-order valence-corrected chi connectivity index (χ3v) is 11.7. The number of nitrogens with zero attached hydrogens (tertiary/aromatic N) is 4. The zero-order valence-corrected chi connectivity index (χ0v) is 28.2. The molecule has 3 fully saturated rings. The Balaban J connectivity index is 1.27. The van der Waals surface area contributed by atoms with Crippen molar-refractivity contribution in [2.24, 2.45) is 0 Å². The van der Waals surface area contributed by atoms with Gasteiger partial charge in [-0.1, -0.05) is 32.6 Å².